The third-order valence-electron chi connectivity index (χ3n) is 3.05. The summed E-state index contributed by atoms with van der Waals surface area (Å²) in [4.78, 5) is 4.57. The number of benzene rings is 1. The number of aromatic nitrogens is 1. The summed E-state index contributed by atoms with van der Waals surface area (Å²) in [5.41, 5.74) is 1.69. The quantitative estimate of drug-likeness (QED) is 0.818. The summed E-state index contributed by atoms with van der Waals surface area (Å²) in [5, 5.41) is 12.8. The Hall–Kier alpha value is -1.37. The summed E-state index contributed by atoms with van der Waals surface area (Å²) < 4.78 is 0. The molecule has 0 radical (unpaired) electrons. The van der Waals surface area contributed by atoms with Gasteiger partial charge in [-0.25, -0.2) is 4.98 Å². The predicted octanol–water partition coefficient (Wildman–Crippen LogP) is 4.02. The number of halogens is 1. The summed E-state index contributed by atoms with van der Waals surface area (Å²) in [6.45, 7) is 0. The first-order valence-electron chi connectivity index (χ1n) is 5.37. The highest BCUT2D eigenvalue weighted by Gasteiger charge is 2.46. The maximum absolute atomic E-state index is 9.12. The Morgan fingerprint density at radius 2 is 2.00 bits per heavy atom. The zero-order chi connectivity index (χ0) is 11.9. The third-order valence-corrected chi connectivity index (χ3v) is 4.19. The van der Waals surface area contributed by atoms with Crippen LogP contribution in [0.5, 0.6) is 0 Å². The molecule has 0 saturated heterocycles. The first kappa shape index (κ1) is 10.8. The van der Waals surface area contributed by atoms with Crippen molar-refractivity contribution in [3.63, 3.8) is 0 Å². The van der Waals surface area contributed by atoms with Gasteiger partial charge in [-0.3, -0.25) is 0 Å². The Morgan fingerprint density at radius 1 is 1.29 bits per heavy atom. The number of nitriles is 1. The van der Waals surface area contributed by atoms with Gasteiger partial charge < -0.3 is 0 Å². The zero-order valence-electron chi connectivity index (χ0n) is 8.98. The van der Waals surface area contributed by atoms with Crippen LogP contribution in [-0.2, 0) is 5.41 Å². The fourth-order valence-electron chi connectivity index (χ4n) is 1.77. The minimum Gasteiger partial charge on any atom is -0.239 e. The van der Waals surface area contributed by atoms with Crippen molar-refractivity contribution in [2.24, 2.45) is 0 Å². The topological polar surface area (TPSA) is 36.7 Å². The van der Waals surface area contributed by atoms with Gasteiger partial charge in [-0.05, 0) is 25.0 Å². The van der Waals surface area contributed by atoms with Crippen LogP contribution in [-0.4, -0.2) is 4.98 Å². The molecule has 0 bridgehead atoms. The second kappa shape index (κ2) is 3.83. The van der Waals surface area contributed by atoms with Gasteiger partial charge in [0, 0.05) is 16.0 Å². The normalized spacial score (nSPS) is 16.5. The molecule has 1 heterocycles. The van der Waals surface area contributed by atoms with E-state index in [1.165, 1.54) is 0 Å². The molecule has 1 aliphatic rings. The van der Waals surface area contributed by atoms with Gasteiger partial charge in [-0.1, -0.05) is 23.7 Å². The van der Waals surface area contributed by atoms with Crippen molar-refractivity contribution >= 4 is 22.9 Å². The fourth-order valence-corrected chi connectivity index (χ4v) is 2.82. The van der Waals surface area contributed by atoms with Crippen molar-refractivity contribution in [1.29, 1.82) is 5.26 Å². The van der Waals surface area contributed by atoms with Crippen LogP contribution >= 0.6 is 22.9 Å². The molecule has 1 fully saturated rings. The number of hydrogen-bond acceptors (Lipinski definition) is 3. The van der Waals surface area contributed by atoms with Crippen LogP contribution in [0.15, 0.2) is 29.6 Å². The zero-order valence-corrected chi connectivity index (χ0v) is 10.6. The predicted molar refractivity (Wildman–Crippen MR) is 69.1 cm³/mol. The molecule has 1 aromatic carbocycles. The fraction of sp³-hybridized carbons (Fsp3) is 0.231. The van der Waals surface area contributed by atoms with Crippen LogP contribution in [0, 0.1) is 11.3 Å². The molecule has 1 aliphatic carbocycles. The second-order valence-electron chi connectivity index (χ2n) is 4.24. The molecule has 0 N–H and O–H groups in total. The van der Waals surface area contributed by atoms with E-state index >= 15 is 0 Å². The summed E-state index contributed by atoms with van der Waals surface area (Å²) in [6, 6.07) is 9.99. The summed E-state index contributed by atoms with van der Waals surface area (Å²) >= 11 is 7.43. The van der Waals surface area contributed by atoms with Gasteiger partial charge in [0.05, 0.1) is 11.8 Å². The van der Waals surface area contributed by atoms with Crippen molar-refractivity contribution in [2.45, 2.75) is 18.3 Å². The van der Waals surface area contributed by atoms with Crippen molar-refractivity contribution in [3.8, 4) is 16.6 Å². The van der Waals surface area contributed by atoms with Gasteiger partial charge in [0.15, 0.2) is 0 Å². The molecule has 0 atom stereocenters. The molecule has 0 amide bonds. The van der Waals surface area contributed by atoms with Crippen LogP contribution in [0.2, 0.25) is 5.02 Å². The molecule has 0 aliphatic heterocycles. The molecule has 84 valence electrons. The molecule has 1 aromatic heterocycles. The average Bonchev–Trinajstić information content (AvgIpc) is 3.00. The summed E-state index contributed by atoms with van der Waals surface area (Å²) in [7, 11) is 0. The Labute approximate surface area is 108 Å². The van der Waals surface area contributed by atoms with E-state index in [0.29, 0.717) is 0 Å². The van der Waals surface area contributed by atoms with Crippen LogP contribution in [0.3, 0.4) is 0 Å². The van der Waals surface area contributed by atoms with Crippen molar-refractivity contribution in [2.75, 3.05) is 0 Å². The lowest BCUT2D eigenvalue weighted by Gasteiger charge is -1.99. The smallest absolute Gasteiger partial charge is 0.123 e. The van der Waals surface area contributed by atoms with Crippen molar-refractivity contribution < 1.29 is 0 Å². The van der Waals surface area contributed by atoms with Crippen LogP contribution < -0.4 is 0 Å². The van der Waals surface area contributed by atoms with Gasteiger partial charge >= 0.3 is 0 Å². The molecule has 0 unspecified atom stereocenters. The molecular formula is C13H9ClN2S. The van der Waals surface area contributed by atoms with Crippen molar-refractivity contribution in [3.05, 3.63) is 40.4 Å². The van der Waals surface area contributed by atoms with Gasteiger partial charge in [-0.15, -0.1) is 11.3 Å². The molecule has 1 saturated carbocycles. The maximum Gasteiger partial charge on any atom is 0.123 e. The van der Waals surface area contributed by atoms with Crippen molar-refractivity contribution in [1.82, 2.24) is 4.98 Å². The van der Waals surface area contributed by atoms with E-state index in [1.807, 2.05) is 29.6 Å². The van der Waals surface area contributed by atoms with E-state index in [9.17, 15) is 0 Å². The summed E-state index contributed by atoms with van der Waals surface area (Å²) in [6.07, 6.45) is 1.88. The minimum absolute atomic E-state index is 0.291. The molecule has 2 nitrogen and oxygen atoms in total. The van der Waals surface area contributed by atoms with E-state index in [0.717, 1.165) is 34.1 Å². The maximum atomic E-state index is 9.12. The Bertz CT molecular complexity index is 591. The minimum atomic E-state index is -0.291. The number of rotatable bonds is 2. The number of nitrogens with zero attached hydrogens (tertiary/aromatic N) is 2. The van der Waals surface area contributed by atoms with E-state index < -0.39 is 0 Å². The molecule has 0 spiro atoms. The molecule has 4 heteroatoms. The van der Waals surface area contributed by atoms with Gasteiger partial charge in [-0.2, -0.15) is 5.26 Å². The average molecular weight is 261 g/mol. The van der Waals surface area contributed by atoms with E-state index in [-0.39, 0.29) is 5.41 Å². The summed E-state index contributed by atoms with van der Waals surface area (Å²) in [5.74, 6) is 0. The number of thiazole rings is 1. The lowest BCUT2D eigenvalue weighted by molar-refractivity contribution is 0.868. The lowest BCUT2D eigenvalue weighted by Crippen LogP contribution is -2.02. The highest BCUT2D eigenvalue weighted by Crippen LogP contribution is 2.48. The SMILES string of the molecule is N#CC1(c2csc(-c3ccc(Cl)cc3)n2)CC1. The molecule has 2 aromatic rings. The highest BCUT2D eigenvalue weighted by molar-refractivity contribution is 7.13. The van der Waals surface area contributed by atoms with E-state index in [2.05, 4.69) is 11.1 Å². The number of hydrogen-bond donors (Lipinski definition) is 0. The Morgan fingerprint density at radius 3 is 2.59 bits per heavy atom. The van der Waals surface area contributed by atoms with E-state index in [1.54, 1.807) is 11.3 Å². The standard InChI is InChI=1S/C13H9ClN2S/c14-10-3-1-9(2-4-10)12-16-11(7-17-12)13(8-15)5-6-13/h1-4,7H,5-6H2. The first-order valence-corrected chi connectivity index (χ1v) is 6.62. The highest BCUT2D eigenvalue weighted by atomic mass is 35.5. The third kappa shape index (κ3) is 1.84. The Kier molecular flexibility index (Phi) is 2.43. The lowest BCUT2D eigenvalue weighted by atomic mass is 10.1. The molecule has 17 heavy (non-hydrogen) atoms. The Balaban J connectivity index is 1.96. The largest absolute Gasteiger partial charge is 0.239 e. The monoisotopic (exact) mass is 260 g/mol. The molecular weight excluding hydrogens is 252 g/mol. The van der Waals surface area contributed by atoms with E-state index in [4.69, 9.17) is 16.9 Å². The van der Waals surface area contributed by atoms with Gasteiger partial charge in [0.2, 0.25) is 0 Å². The second-order valence-corrected chi connectivity index (χ2v) is 5.53. The van der Waals surface area contributed by atoms with Gasteiger partial charge in [0.1, 0.15) is 10.4 Å². The van der Waals surface area contributed by atoms with Crippen LogP contribution in [0.4, 0.5) is 0 Å². The first-order chi connectivity index (χ1) is 8.23. The van der Waals surface area contributed by atoms with Gasteiger partial charge in [0.25, 0.3) is 0 Å². The molecule has 3 rings (SSSR count). The van der Waals surface area contributed by atoms with Crippen LogP contribution in [0.25, 0.3) is 10.6 Å². The van der Waals surface area contributed by atoms with Crippen LogP contribution in [0.1, 0.15) is 18.5 Å².